The molecule has 0 bridgehead atoms. The van der Waals surface area contributed by atoms with Gasteiger partial charge in [-0.3, -0.25) is 14.9 Å². The number of hydrogen-bond donors (Lipinski definition) is 3. The molecule has 0 fully saturated rings. The summed E-state index contributed by atoms with van der Waals surface area (Å²) < 4.78 is 0. The molecule has 0 saturated carbocycles. The largest absolute Gasteiger partial charge is 0.385 e. The van der Waals surface area contributed by atoms with Gasteiger partial charge in [0.2, 0.25) is 5.91 Å². The average Bonchev–Trinajstić information content (AvgIpc) is 2.26. The van der Waals surface area contributed by atoms with Crippen LogP contribution in [-0.2, 0) is 4.79 Å². The average molecular weight is 261 g/mol. The zero-order valence-electron chi connectivity index (χ0n) is 8.41. The van der Waals surface area contributed by atoms with Gasteiger partial charge in [0.15, 0.2) is 6.10 Å². The number of nitro groups is 1. The Morgan fingerprint density at radius 1 is 1.47 bits per heavy atom. The molecule has 1 amide bonds. The summed E-state index contributed by atoms with van der Waals surface area (Å²) in [6.07, 6.45) is -3.74. The van der Waals surface area contributed by atoms with Crippen molar-refractivity contribution in [3.8, 4) is 0 Å². The molecule has 2 unspecified atom stereocenters. The Bertz CT molecular complexity index is 465. The smallest absolute Gasteiger partial charge is 0.275 e. The zero-order chi connectivity index (χ0) is 13.2. The first-order chi connectivity index (χ1) is 7.84. The lowest BCUT2D eigenvalue weighted by molar-refractivity contribution is -0.386. The summed E-state index contributed by atoms with van der Waals surface area (Å²) in [7, 11) is 0. The predicted octanol–water partition coefficient (Wildman–Crippen LogP) is 0.128. The fourth-order valence-electron chi connectivity index (χ4n) is 1.25. The number of carbonyl (C=O) groups excluding carboxylic acids is 1. The van der Waals surface area contributed by atoms with Gasteiger partial charge < -0.3 is 15.9 Å². The molecule has 0 spiro atoms. The van der Waals surface area contributed by atoms with E-state index in [4.69, 9.17) is 17.3 Å². The standard InChI is InChI=1S/C9H9ClN2O5/c10-4-1-2-6(12(16)17)5(3-4)7(13)8(14)9(11)15/h1-3,7-8,13-14H,(H2,11,15). The molecule has 8 heteroatoms. The molecule has 1 rings (SSSR count). The van der Waals surface area contributed by atoms with Crippen LogP contribution >= 0.6 is 11.6 Å². The van der Waals surface area contributed by atoms with E-state index in [2.05, 4.69) is 0 Å². The maximum atomic E-state index is 10.7. The summed E-state index contributed by atoms with van der Waals surface area (Å²) in [5.41, 5.74) is 4.06. The number of halogens is 1. The van der Waals surface area contributed by atoms with Crippen LogP contribution in [0.15, 0.2) is 18.2 Å². The number of carbonyl (C=O) groups is 1. The molecule has 1 aromatic rings. The third-order valence-corrected chi connectivity index (χ3v) is 2.33. The Hall–Kier alpha value is -1.70. The Labute approximate surface area is 101 Å². The van der Waals surface area contributed by atoms with E-state index in [1.807, 2.05) is 0 Å². The number of rotatable bonds is 4. The Balaban J connectivity index is 3.23. The minimum atomic E-state index is -1.94. The molecule has 92 valence electrons. The van der Waals surface area contributed by atoms with Gasteiger partial charge in [0.1, 0.15) is 6.10 Å². The first kappa shape index (κ1) is 13.4. The monoisotopic (exact) mass is 260 g/mol. The molecule has 0 heterocycles. The van der Waals surface area contributed by atoms with Crippen molar-refractivity contribution in [3.05, 3.63) is 38.9 Å². The van der Waals surface area contributed by atoms with E-state index >= 15 is 0 Å². The third kappa shape index (κ3) is 2.90. The first-order valence-electron chi connectivity index (χ1n) is 4.44. The molecule has 17 heavy (non-hydrogen) atoms. The topological polar surface area (TPSA) is 127 Å². The highest BCUT2D eigenvalue weighted by Crippen LogP contribution is 2.29. The first-order valence-corrected chi connectivity index (χ1v) is 4.81. The Kier molecular flexibility index (Phi) is 4.00. The lowest BCUT2D eigenvalue weighted by Crippen LogP contribution is -2.34. The third-order valence-electron chi connectivity index (χ3n) is 2.10. The molecule has 0 aliphatic heterocycles. The van der Waals surface area contributed by atoms with Gasteiger partial charge in [-0.1, -0.05) is 11.6 Å². The minimum Gasteiger partial charge on any atom is -0.385 e. The summed E-state index contributed by atoms with van der Waals surface area (Å²) >= 11 is 5.62. The lowest BCUT2D eigenvalue weighted by atomic mass is 10.0. The lowest BCUT2D eigenvalue weighted by Gasteiger charge is -2.15. The summed E-state index contributed by atoms with van der Waals surface area (Å²) in [6, 6.07) is 3.41. The fraction of sp³-hybridized carbons (Fsp3) is 0.222. The van der Waals surface area contributed by atoms with Crippen LogP contribution in [0.4, 0.5) is 5.69 Å². The number of amides is 1. The number of nitrogens with zero attached hydrogens (tertiary/aromatic N) is 1. The van der Waals surface area contributed by atoms with Crippen LogP contribution in [0.3, 0.4) is 0 Å². The fourth-order valence-corrected chi connectivity index (χ4v) is 1.43. The van der Waals surface area contributed by atoms with E-state index in [0.29, 0.717) is 0 Å². The molecule has 0 aliphatic rings. The van der Waals surface area contributed by atoms with Crippen molar-refractivity contribution in [2.45, 2.75) is 12.2 Å². The number of nitrogens with two attached hydrogens (primary N) is 1. The molecule has 0 radical (unpaired) electrons. The molecular weight excluding hydrogens is 252 g/mol. The van der Waals surface area contributed by atoms with Crippen molar-refractivity contribution in [3.63, 3.8) is 0 Å². The highest BCUT2D eigenvalue weighted by Gasteiger charge is 2.29. The van der Waals surface area contributed by atoms with E-state index in [9.17, 15) is 25.1 Å². The number of nitro benzene ring substituents is 1. The van der Waals surface area contributed by atoms with Crippen LogP contribution in [0, 0.1) is 10.1 Å². The number of aliphatic hydroxyl groups excluding tert-OH is 2. The molecule has 7 nitrogen and oxygen atoms in total. The maximum Gasteiger partial charge on any atom is 0.275 e. The summed E-state index contributed by atoms with van der Waals surface area (Å²) in [5, 5.41) is 29.7. The second-order valence-electron chi connectivity index (χ2n) is 3.25. The van der Waals surface area contributed by atoms with Crippen molar-refractivity contribution in [2.75, 3.05) is 0 Å². The molecule has 0 aliphatic carbocycles. The van der Waals surface area contributed by atoms with Crippen LogP contribution in [0.2, 0.25) is 5.02 Å². The van der Waals surface area contributed by atoms with Crippen molar-refractivity contribution in [1.82, 2.24) is 0 Å². The van der Waals surface area contributed by atoms with Gasteiger partial charge in [-0.05, 0) is 12.1 Å². The Morgan fingerprint density at radius 3 is 2.53 bits per heavy atom. The van der Waals surface area contributed by atoms with Crippen LogP contribution in [0.25, 0.3) is 0 Å². The molecular formula is C9H9ClN2O5. The maximum absolute atomic E-state index is 10.7. The summed E-state index contributed by atoms with van der Waals surface area (Å²) in [4.78, 5) is 20.6. The van der Waals surface area contributed by atoms with Crippen LogP contribution in [0.5, 0.6) is 0 Å². The van der Waals surface area contributed by atoms with Gasteiger partial charge in [0.05, 0.1) is 10.5 Å². The van der Waals surface area contributed by atoms with Crippen molar-refractivity contribution in [1.29, 1.82) is 0 Å². The summed E-state index contributed by atoms with van der Waals surface area (Å²) in [5.74, 6) is -1.19. The quantitative estimate of drug-likeness (QED) is 0.524. The molecule has 4 N–H and O–H groups in total. The number of primary amides is 1. The van der Waals surface area contributed by atoms with Gasteiger partial charge in [0, 0.05) is 11.1 Å². The zero-order valence-corrected chi connectivity index (χ0v) is 9.16. The highest BCUT2D eigenvalue weighted by atomic mass is 35.5. The molecule has 0 saturated heterocycles. The van der Waals surface area contributed by atoms with Crippen LogP contribution in [0.1, 0.15) is 11.7 Å². The van der Waals surface area contributed by atoms with Gasteiger partial charge in [-0.15, -0.1) is 0 Å². The Morgan fingerprint density at radius 2 is 2.06 bits per heavy atom. The van der Waals surface area contributed by atoms with Crippen molar-refractivity contribution in [2.24, 2.45) is 5.73 Å². The number of benzene rings is 1. The highest BCUT2D eigenvalue weighted by molar-refractivity contribution is 6.30. The van der Waals surface area contributed by atoms with E-state index < -0.39 is 28.7 Å². The van der Waals surface area contributed by atoms with E-state index in [0.717, 1.165) is 12.1 Å². The van der Waals surface area contributed by atoms with E-state index in [1.54, 1.807) is 0 Å². The van der Waals surface area contributed by atoms with Crippen LogP contribution < -0.4 is 5.73 Å². The van der Waals surface area contributed by atoms with E-state index in [-0.39, 0.29) is 10.6 Å². The molecule has 0 aromatic heterocycles. The second kappa shape index (κ2) is 5.09. The van der Waals surface area contributed by atoms with Gasteiger partial charge in [0.25, 0.3) is 5.69 Å². The predicted molar refractivity (Wildman–Crippen MR) is 58.3 cm³/mol. The van der Waals surface area contributed by atoms with E-state index in [1.165, 1.54) is 6.07 Å². The van der Waals surface area contributed by atoms with Crippen molar-refractivity contribution < 1.29 is 19.9 Å². The molecule has 1 aromatic carbocycles. The van der Waals surface area contributed by atoms with Gasteiger partial charge >= 0.3 is 0 Å². The molecule has 2 atom stereocenters. The summed E-state index contributed by atoms with van der Waals surface area (Å²) in [6.45, 7) is 0. The van der Waals surface area contributed by atoms with Crippen molar-refractivity contribution >= 4 is 23.2 Å². The number of hydrogen-bond acceptors (Lipinski definition) is 5. The SMILES string of the molecule is NC(=O)C(O)C(O)c1cc(Cl)ccc1[N+](=O)[O-]. The van der Waals surface area contributed by atoms with Gasteiger partial charge in [-0.25, -0.2) is 0 Å². The van der Waals surface area contributed by atoms with Gasteiger partial charge in [-0.2, -0.15) is 0 Å². The normalized spacial score (nSPS) is 14.1. The number of aliphatic hydroxyl groups is 2. The minimum absolute atomic E-state index is 0.126. The second-order valence-corrected chi connectivity index (χ2v) is 3.69. The van der Waals surface area contributed by atoms with Crippen LogP contribution in [-0.4, -0.2) is 27.1 Å².